The number of rotatable bonds is 6. The number of primary amides is 1. The zero-order valence-electron chi connectivity index (χ0n) is 23.3. The van der Waals surface area contributed by atoms with Gasteiger partial charge in [-0.05, 0) is 49.9 Å². The summed E-state index contributed by atoms with van der Waals surface area (Å²) in [4.78, 5) is 24.1. The third-order valence-corrected chi connectivity index (χ3v) is 11.0. The first-order valence-electron chi connectivity index (χ1n) is 14.2. The number of carbonyl (C=O) groups is 1. The number of nitriles is 1. The average molecular weight is 616 g/mol. The monoisotopic (exact) mass is 615 g/mol. The highest BCUT2D eigenvalue weighted by Crippen LogP contribution is 2.68. The first-order valence-corrected chi connectivity index (χ1v) is 16.1. The first-order chi connectivity index (χ1) is 20.4. The summed E-state index contributed by atoms with van der Waals surface area (Å²) < 4.78 is 66.8. The zero-order chi connectivity index (χ0) is 30.6. The number of hydrogen-bond acceptors (Lipinski definition) is 8. The normalized spacial score (nSPS) is 25.5. The Kier molecular flexibility index (Phi) is 7.22. The van der Waals surface area contributed by atoms with E-state index >= 15 is 0 Å². The molecule has 3 fully saturated rings. The molecule has 228 valence electrons. The highest BCUT2D eigenvalue weighted by molar-refractivity contribution is 8.24. The van der Waals surface area contributed by atoms with Crippen molar-refractivity contribution >= 4 is 22.2 Å². The Hall–Kier alpha value is -3.60. The van der Waals surface area contributed by atoms with Crippen LogP contribution >= 0.6 is 10.6 Å². The fourth-order valence-corrected chi connectivity index (χ4v) is 8.07. The van der Waals surface area contributed by atoms with E-state index in [9.17, 15) is 32.3 Å². The second-order valence-electron chi connectivity index (χ2n) is 11.7. The Morgan fingerprint density at radius 1 is 1.12 bits per heavy atom. The number of alkyl halides is 3. The number of amides is 1. The maximum Gasteiger partial charge on any atom is 0.416 e. The topological polar surface area (TPSA) is 149 Å². The number of nitrogens with two attached hydrogens (primary N) is 1. The summed E-state index contributed by atoms with van der Waals surface area (Å²) in [6, 6.07) is 11.5. The predicted molar refractivity (Wildman–Crippen MR) is 155 cm³/mol. The quantitative estimate of drug-likeness (QED) is 0.287. The van der Waals surface area contributed by atoms with Gasteiger partial charge >= 0.3 is 6.18 Å². The molecule has 3 aliphatic rings. The van der Waals surface area contributed by atoms with Gasteiger partial charge in [0.2, 0.25) is 11.8 Å². The molecule has 1 saturated heterocycles. The number of halogens is 3. The molecule has 1 aromatic carbocycles. The second-order valence-corrected chi connectivity index (χ2v) is 14.2. The van der Waals surface area contributed by atoms with Crippen molar-refractivity contribution in [3.8, 4) is 28.9 Å². The zero-order valence-corrected chi connectivity index (χ0v) is 24.1. The summed E-state index contributed by atoms with van der Waals surface area (Å²) in [7, 11) is -2.56. The molecule has 2 unspecified atom stereocenters. The lowest BCUT2D eigenvalue weighted by Gasteiger charge is -2.44. The molecule has 4 N–H and O–H groups in total. The van der Waals surface area contributed by atoms with Crippen LogP contribution in [0.3, 0.4) is 0 Å². The van der Waals surface area contributed by atoms with Crippen molar-refractivity contribution in [3.05, 3.63) is 53.9 Å². The van der Waals surface area contributed by atoms with E-state index in [4.69, 9.17) is 10.2 Å². The van der Waals surface area contributed by atoms with Crippen LogP contribution in [0, 0.1) is 22.2 Å². The third kappa shape index (κ3) is 5.15. The summed E-state index contributed by atoms with van der Waals surface area (Å²) >= 11 is 0. The van der Waals surface area contributed by atoms with Gasteiger partial charge in [-0.15, -0.1) is 0 Å². The Morgan fingerprint density at radius 3 is 2.42 bits per heavy atom. The van der Waals surface area contributed by atoms with Crippen LogP contribution in [0.4, 0.5) is 18.9 Å². The van der Waals surface area contributed by atoms with E-state index in [1.165, 1.54) is 0 Å². The Bertz CT molecular complexity index is 1570. The lowest BCUT2D eigenvalue weighted by Crippen LogP contribution is -2.50. The summed E-state index contributed by atoms with van der Waals surface area (Å²) in [6.07, 6.45) is -0.105. The van der Waals surface area contributed by atoms with E-state index in [-0.39, 0.29) is 23.1 Å². The summed E-state index contributed by atoms with van der Waals surface area (Å²) in [5, 5.41) is 10.2. The fraction of sp³-hybridized carbons (Fsp3) is 0.467. The van der Waals surface area contributed by atoms with E-state index in [0.717, 1.165) is 30.4 Å². The van der Waals surface area contributed by atoms with Crippen LogP contribution < -0.4 is 10.6 Å². The molecule has 0 spiro atoms. The maximum absolute atomic E-state index is 13.5. The molecule has 2 saturated carbocycles. The van der Waals surface area contributed by atoms with Crippen molar-refractivity contribution in [1.29, 1.82) is 5.26 Å². The Morgan fingerprint density at radius 2 is 1.81 bits per heavy atom. The lowest BCUT2D eigenvalue weighted by molar-refractivity contribution is -0.137. The van der Waals surface area contributed by atoms with Crippen LogP contribution in [0.25, 0.3) is 22.8 Å². The van der Waals surface area contributed by atoms with Gasteiger partial charge in [0, 0.05) is 36.5 Å². The summed E-state index contributed by atoms with van der Waals surface area (Å²) in [5.41, 5.74) is 4.81. The van der Waals surface area contributed by atoms with Crippen molar-refractivity contribution in [2.45, 2.75) is 50.6 Å². The van der Waals surface area contributed by atoms with Gasteiger partial charge < -0.3 is 15.1 Å². The molecule has 43 heavy (non-hydrogen) atoms. The lowest BCUT2D eigenvalue weighted by atomic mass is 9.56. The number of pyridine rings is 1. The number of benzene rings is 1. The van der Waals surface area contributed by atoms with Gasteiger partial charge in [-0.3, -0.25) is 18.9 Å². The van der Waals surface area contributed by atoms with E-state index in [0.29, 0.717) is 62.2 Å². The highest BCUT2D eigenvalue weighted by atomic mass is 32.3. The number of oxazole rings is 1. The smallest absolute Gasteiger partial charge is 0.416 e. The number of carbonyl (C=O) groups excluding carboxylic acids is 1. The largest absolute Gasteiger partial charge is 0.439 e. The molecule has 9 nitrogen and oxygen atoms in total. The fourth-order valence-electron chi connectivity index (χ4n) is 6.84. The van der Waals surface area contributed by atoms with Gasteiger partial charge in [0.05, 0.1) is 34.0 Å². The van der Waals surface area contributed by atoms with Crippen molar-refractivity contribution in [3.63, 3.8) is 0 Å². The molecule has 6 rings (SSSR count). The van der Waals surface area contributed by atoms with E-state index in [2.05, 4.69) is 16.0 Å². The molecule has 3 heterocycles. The predicted octanol–water partition coefficient (Wildman–Crippen LogP) is 6.43. The maximum atomic E-state index is 13.5. The Labute approximate surface area is 248 Å². The van der Waals surface area contributed by atoms with Crippen LogP contribution in [0.1, 0.15) is 55.8 Å². The minimum atomic E-state index is -4.59. The number of nitrogens with zero attached hydrogens (tertiary/aromatic N) is 4. The van der Waals surface area contributed by atoms with E-state index in [1.54, 1.807) is 0 Å². The molecular weight excluding hydrogens is 583 g/mol. The van der Waals surface area contributed by atoms with Crippen LogP contribution in [0.5, 0.6) is 0 Å². The van der Waals surface area contributed by atoms with Gasteiger partial charge in [-0.25, -0.2) is 4.98 Å². The number of anilines is 1. The highest BCUT2D eigenvalue weighted by Gasteiger charge is 2.67. The van der Waals surface area contributed by atoms with Crippen molar-refractivity contribution < 1.29 is 31.5 Å². The molecule has 2 aliphatic carbocycles. The minimum absolute atomic E-state index is 0.104. The van der Waals surface area contributed by atoms with Gasteiger partial charge in [-0.1, -0.05) is 25.0 Å². The molecule has 0 bridgehead atoms. The average Bonchev–Trinajstić information content (AvgIpc) is 3.68. The van der Waals surface area contributed by atoms with Crippen molar-refractivity contribution in [2.24, 2.45) is 16.6 Å². The van der Waals surface area contributed by atoms with Crippen LogP contribution in [-0.2, 0) is 11.0 Å². The molecule has 1 aliphatic heterocycles. The van der Waals surface area contributed by atoms with Gasteiger partial charge in [0.25, 0.3) is 0 Å². The standard InChI is InChI=1S/C30H32F3N5O4S/c31-30(32,33)20-8-12-36-23(17-20)26-37-24(19-4-6-21(7-5-19)38-13-15-43(40,41)16-14-38)25(42-26)22-3-1-2-9-29(22,27(35)39)28(18-34)10-11-28/h4-8,12,17,22,40-41H,1-3,9-11,13-16H2,(H2,35,39). The molecular formula is C30H32F3N5O4S. The molecule has 2 atom stereocenters. The summed E-state index contributed by atoms with van der Waals surface area (Å²) in [6.45, 7) is 0.976. The molecule has 0 radical (unpaired) electrons. The van der Waals surface area contributed by atoms with Crippen LogP contribution in [0.2, 0.25) is 0 Å². The number of hydrogen-bond donors (Lipinski definition) is 3. The molecule has 3 aromatic rings. The van der Waals surface area contributed by atoms with Crippen LogP contribution in [-0.4, -0.2) is 49.6 Å². The van der Waals surface area contributed by atoms with Gasteiger partial charge in [-0.2, -0.15) is 29.0 Å². The van der Waals surface area contributed by atoms with E-state index < -0.39 is 45.0 Å². The molecule has 1 amide bonds. The van der Waals surface area contributed by atoms with Gasteiger partial charge in [0.1, 0.15) is 17.1 Å². The SMILES string of the molecule is N#CC1(C2(C(N)=O)CCCCC2c2oc(-c3cc(C(F)(F)F)ccn3)nc2-c2ccc(N3CCS(O)(O)CC3)cc2)CC1. The first kappa shape index (κ1) is 29.5. The van der Waals surface area contributed by atoms with Crippen molar-refractivity contribution in [1.82, 2.24) is 9.97 Å². The van der Waals surface area contributed by atoms with Crippen molar-refractivity contribution in [2.75, 3.05) is 29.5 Å². The minimum Gasteiger partial charge on any atom is -0.439 e. The third-order valence-electron chi connectivity index (χ3n) is 9.32. The van der Waals surface area contributed by atoms with Gasteiger partial charge in [0.15, 0.2) is 0 Å². The van der Waals surface area contributed by atoms with Crippen LogP contribution in [0.15, 0.2) is 47.0 Å². The Balaban J connectivity index is 1.46. The molecule has 13 heteroatoms. The molecule has 2 aromatic heterocycles. The number of aromatic nitrogens is 2. The summed E-state index contributed by atoms with van der Waals surface area (Å²) in [5.74, 6) is -0.417. The van der Waals surface area contributed by atoms with E-state index in [1.807, 2.05) is 29.2 Å². The second kappa shape index (κ2) is 10.5.